The zero-order chi connectivity index (χ0) is 39.0. The number of carbonyl (C=O) groups excluding carboxylic acids is 2. The topological polar surface area (TPSA) is 138 Å². The predicted molar refractivity (Wildman–Crippen MR) is 194 cm³/mol. The van der Waals surface area contributed by atoms with E-state index in [-0.39, 0.29) is 53.2 Å². The van der Waals surface area contributed by atoms with Crippen LogP contribution in [0.25, 0.3) is 27.5 Å². The number of fused-ring (bicyclic) bond motifs is 2. The van der Waals surface area contributed by atoms with Crippen molar-refractivity contribution < 1.29 is 36.6 Å². The van der Waals surface area contributed by atoms with Crippen LogP contribution < -0.4 is 26.2 Å². The van der Waals surface area contributed by atoms with Gasteiger partial charge >= 0.3 is 17.8 Å². The molecule has 16 heteroatoms. The second-order valence-corrected chi connectivity index (χ2v) is 12.9. The molecule has 55 heavy (non-hydrogen) atoms. The largest absolute Gasteiger partial charge is 0.425 e. The molecule has 0 bridgehead atoms. The first-order valence-electron chi connectivity index (χ1n) is 17.0. The number of para-hydroxylation sites is 1. The van der Waals surface area contributed by atoms with Crippen LogP contribution in [0.1, 0.15) is 21.5 Å². The number of aromatic nitrogens is 4. The molecular weight excluding hydrogens is 724 g/mol. The van der Waals surface area contributed by atoms with Crippen LogP contribution in [0.4, 0.5) is 23.2 Å². The molecule has 2 atom stereocenters. The summed E-state index contributed by atoms with van der Waals surface area (Å²) < 4.78 is 70.1. The number of aryl methyl sites for hydroxylation is 2. The minimum atomic E-state index is -4.65. The smallest absolute Gasteiger partial charge is 0.411 e. The summed E-state index contributed by atoms with van der Waals surface area (Å²) in [4.78, 5) is 64.2. The molecule has 1 fully saturated rings. The van der Waals surface area contributed by atoms with E-state index in [2.05, 4.69) is 15.3 Å². The first-order valence-corrected chi connectivity index (χ1v) is 17.0. The van der Waals surface area contributed by atoms with Gasteiger partial charge in [0.1, 0.15) is 23.7 Å². The van der Waals surface area contributed by atoms with Gasteiger partial charge in [-0.2, -0.15) is 13.2 Å². The van der Waals surface area contributed by atoms with Crippen LogP contribution in [-0.2, 0) is 23.0 Å². The van der Waals surface area contributed by atoms with E-state index in [1.54, 1.807) is 36.4 Å². The van der Waals surface area contributed by atoms with Gasteiger partial charge in [-0.15, -0.1) is 0 Å². The molecule has 1 N–H and O–H groups in total. The van der Waals surface area contributed by atoms with Crippen molar-refractivity contribution >= 4 is 39.4 Å². The number of carbonyl (C=O) groups is 2. The number of alkyl halides is 3. The van der Waals surface area contributed by atoms with Gasteiger partial charge in [-0.05, 0) is 60.5 Å². The summed E-state index contributed by atoms with van der Waals surface area (Å²) in [5.74, 6) is -2.82. The van der Waals surface area contributed by atoms with E-state index in [1.807, 2.05) is 0 Å². The molecule has 7 rings (SSSR count). The number of halogens is 4. The Balaban J connectivity index is 1.26. The molecule has 1 amide bonds. The fourth-order valence-corrected chi connectivity index (χ4v) is 6.76. The Morgan fingerprint density at radius 1 is 1.02 bits per heavy atom. The van der Waals surface area contributed by atoms with Crippen LogP contribution >= 0.6 is 0 Å². The number of nitrogens with zero attached hydrogens (tertiary/aromatic N) is 5. The highest BCUT2D eigenvalue weighted by atomic mass is 19.4. The van der Waals surface area contributed by atoms with Gasteiger partial charge in [0.05, 0.1) is 47.1 Å². The van der Waals surface area contributed by atoms with Gasteiger partial charge in [0.15, 0.2) is 0 Å². The lowest BCUT2D eigenvalue weighted by Crippen LogP contribution is -2.53. The van der Waals surface area contributed by atoms with Crippen molar-refractivity contribution in [1.29, 1.82) is 0 Å². The summed E-state index contributed by atoms with van der Waals surface area (Å²) in [5, 5.41) is 3.25. The maximum atomic E-state index is 15.8. The van der Waals surface area contributed by atoms with Gasteiger partial charge in [0.2, 0.25) is 0 Å². The Kier molecular flexibility index (Phi) is 9.92. The van der Waals surface area contributed by atoms with Crippen molar-refractivity contribution in [3.8, 4) is 11.4 Å². The van der Waals surface area contributed by atoms with E-state index in [4.69, 9.17) is 9.47 Å². The fraction of sp³-hybridized carbons (Fsp3) is 0.231. The maximum Gasteiger partial charge on any atom is 0.411 e. The van der Waals surface area contributed by atoms with Crippen molar-refractivity contribution in [2.75, 3.05) is 24.7 Å². The number of rotatable bonds is 8. The van der Waals surface area contributed by atoms with Crippen molar-refractivity contribution in [3.63, 3.8) is 0 Å². The highest BCUT2D eigenvalue weighted by molar-refractivity contribution is 5.99. The van der Waals surface area contributed by atoms with Gasteiger partial charge in [-0.25, -0.2) is 18.5 Å². The third kappa shape index (κ3) is 7.15. The molecule has 6 aromatic rings. The van der Waals surface area contributed by atoms with Crippen molar-refractivity contribution in [2.24, 2.45) is 7.05 Å². The second kappa shape index (κ2) is 14.8. The van der Waals surface area contributed by atoms with Gasteiger partial charge in [0.25, 0.3) is 11.5 Å². The minimum Gasteiger partial charge on any atom is -0.425 e. The Hall–Kier alpha value is -6.42. The summed E-state index contributed by atoms with van der Waals surface area (Å²) in [6, 6.07) is 14.6. The van der Waals surface area contributed by atoms with E-state index >= 15 is 4.39 Å². The maximum absolute atomic E-state index is 15.8. The Labute approximate surface area is 309 Å². The minimum absolute atomic E-state index is 0.000756. The normalized spacial score (nSPS) is 15.2. The predicted octanol–water partition coefficient (Wildman–Crippen LogP) is 4.79. The zero-order valence-electron chi connectivity index (χ0n) is 29.3. The SMILES string of the molecule is Cc1cc(N2CCOCC2C(F)(F)F)cc(F)c1C(=O)NC(Cc1ccc(-n2c(=O)c3ccncc3n(C)c2=O)c2ncccc12)C(=O)Oc1ccccc1. The average Bonchev–Trinajstić information content (AvgIpc) is 3.17. The number of anilines is 1. The van der Waals surface area contributed by atoms with E-state index in [9.17, 15) is 32.3 Å². The molecule has 0 spiro atoms. The number of morpholine rings is 1. The first kappa shape index (κ1) is 36.9. The number of hydrogen-bond acceptors (Lipinski definition) is 9. The van der Waals surface area contributed by atoms with Crippen LogP contribution in [0, 0.1) is 12.7 Å². The van der Waals surface area contributed by atoms with Crippen molar-refractivity contribution in [1.82, 2.24) is 24.4 Å². The molecule has 1 aliphatic rings. The first-order chi connectivity index (χ1) is 26.3. The molecule has 12 nitrogen and oxygen atoms in total. The summed E-state index contributed by atoms with van der Waals surface area (Å²) >= 11 is 0. The lowest BCUT2D eigenvalue weighted by molar-refractivity contribution is -0.167. The van der Waals surface area contributed by atoms with Gasteiger partial charge in [-0.3, -0.25) is 24.1 Å². The number of hydrogen-bond donors (Lipinski definition) is 1. The van der Waals surface area contributed by atoms with Crippen LogP contribution in [0.5, 0.6) is 5.75 Å². The number of benzene rings is 3. The van der Waals surface area contributed by atoms with Crippen LogP contribution in [0.2, 0.25) is 0 Å². The number of amides is 1. The zero-order valence-corrected chi connectivity index (χ0v) is 29.3. The summed E-state index contributed by atoms with van der Waals surface area (Å²) in [7, 11) is 1.51. The van der Waals surface area contributed by atoms with E-state index in [0.29, 0.717) is 16.5 Å². The highest BCUT2D eigenvalue weighted by Crippen LogP contribution is 2.33. The number of nitrogens with one attached hydrogen (secondary N) is 1. The molecule has 0 radical (unpaired) electrons. The molecule has 4 heterocycles. The van der Waals surface area contributed by atoms with E-state index < -0.39 is 59.4 Å². The molecule has 1 saturated heterocycles. The Morgan fingerprint density at radius 2 is 1.80 bits per heavy atom. The van der Waals surface area contributed by atoms with Gasteiger partial charge < -0.3 is 19.7 Å². The lowest BCUT2D eigenvalue weighted by Gasteiger charge is -2.38. The highest BCUT2D eigenvalue weighted by Gasteiger charge is 2.45. The monoisotopic (exact) mass is 756 g/mol. The molecule has 3 aromatic heterocycles. The van der Waals surface area contributed by atoms with Crippen LogP contribution in [0.15, 0.2) is 101 Å². The number of esters is 1. The van der Waals surface area contributed by atoms with Gasteiger partial charge in [-0.1, -0.05) is 30.3 Å². The third-order valence-electron chi connectivity index (χ3n) is 9.47. The fourth-order valence-electron chi connectivity index (χ4n) is 6.76. The summed E-state index contributed by atoms with van der Waals surface area (Å²) in [6.45, 7) is 0.607. The van der Waals surface area contributed by atoms with Gasteiger partial charge in [0, 0.05) is 43.5 Å². The van der Waals surface area contributed by atoms with Crippen LogP contribution in [0.3, 0.4) is 0 Å². The number of pyridine rings is 2. The lowest BCUT2D eigenvalue weighted by atomic mass is 9.99. The third-order valence-corrected chi connectivity index (χ3v) is 9.47. The van der Waals surface area contributed by atoms with Crippen molar-refractivity contribution in [3.05, 3.63) is 135 Å². The van der Waals surface area contributed by atoms with E-state index in [1.165, 1.54) is 67.5 Å². The number of ether oxygens (including phenoxy) is 2. The standard InChI is InChI=1S/C39H32F4N6O6/c1-22-17-24(48-15-16-54-21-32(48)39(41,42)43)19-28(40)33(22)35(50)46-29(37(52)55-25-7-4-3-5-8-25)18-23-10-11-30(34-26(23)9-6-13-45-34)49-36(51)27-12-14-44-20-31(27)47(2)38(49)53/h3-14,17,19-20,29,32H,15-16,18,21H2,1-2H3,(H,46,50). The Morgan fingerprint density at radius 3 is 2.55 bits per heavy atom. The quantitative estimate of drug-likeness (QED) is 0.132. The molecule has 0 aliphatic carbocycles. The Bertz CT molecular complexity index is 2550. The summed E-state index contributed by atoms with van der Waals surface area (Å²) in [5.41, 5.74) is -0.548. The molecule has 0 saturated carbocycles. The van der Waals surface area contributed by atoms with Crippen LogP contribution in [-0.4, -0.2) is 69.0 Å². The molecule has 282 valence electrons. The molecule has 2 unspecified atom stereocenters. The summed E-state index contributed by atoms with van der Waals surface area (Å²) in [6.07, 6.45) is -0.530. The van der Waals surface area contributed by atoms with Crippen molar-refractivity contribution in [2.45, 2.75) is 31.6 Å². The second-order valence-electron chi connectivity index (χ2n) is 12.9. The molecule has 3 aromatic carbocycles. The molecule has 1 aliphatic heterocycles. The van der Waals surface area contributed by atoms with E-state index in [0.717, 1.165) is 15.5 Å². The molecular formula is C39H32F4N6O6. The average molecular weight is 757 g/mol.